The molecule has 6 nitrogen and oxygen atoms in total. The van der Waals surface area contributed by atoms with Crippen LogP contribution in [-0.4, -0.2) is 47.2 Å². The van der Waals surface area contributed by atoms with Crippen molar-refractivity contribution in [3.8, 4) is 5.75 Å². The van der Waals surface area contributed by atoms with Gasteiger partial charge in [0.05, 0.1) is 24.1 Å². The Morgan fingerprint density at radius 1 is 1.18 bits per heavy atom. The van der Waals surface area contributed by atoms with Crippen molar-refractivity contribution in [3.63, 3.8) is 0 Å². The van der Waals surface area contributed by atoms with Crippen LogP contribution >= 0.6 is 11.8 Å². The van der Waals surface area contributed by atoms with Crippen LogP contribution in [0.15, 0.2) is 36.3 Å². The maximum Gasteiger partial charge on any atom is 0.139 e. The average molecular weight is 399 g/mol. The van der Waals surface area contributed by atoms with Gasteiger partial charge in [0.25, 0.3) is 0 Å². The first-order chi connectivity index (χ1) is 13.8. The van der Waals surface area contributed by atoms with Crippen LogP contribution in [0.3, 0.4) is 0 Å². The highest BCUT2D eigenvalue weighted by molar-refractivity contribution is 8.03. The molecule has 0 radical (unpaired) electrons. The molecule has 0 bridgehead atoms. The van der Waals surface area contributed by atoms with Crippen molar-refractivity contribution in [2.75, 3.05) is 31.2 Å². The van der Waals surface area contributed by atoms with Crippen LogP contribution in [0.1, 0.15) is 32.1 Å². The highest BCUT2D eigenvalue weighted by atomic mass is 32.2. The van der Waals surface area contributed by atoms with Crippen LogP contribution in [0, 0.1) is 0 Å². The standard InChI is InChI=1S/C21H26N4O2S/c1-2-4-21(5-3-1,20-23-6-11-28-20)27-19-13-16(25-7-9-26-10-8-25)12-18-17(19)14-22-15-24-18/h6,11-15,20,23H,1-5,7-10H2. The Morgan fingerprint density at radius 2 is 2.04 bits per heavy atom. The second-order valence-corrected chi connectivity index (χ2v) is 8.73. The van der Waals surface area contributed by atoms with Gasteiger partial charge in [-0.25, -0.2) is 9.97 Å². The Labute approximate surface area is 169 Å². The quantitative estimate of drug-likeness (QED) is 0.843. The zero-order valence-electron chi connectivity index (χ0n) is 16.0. The summed E-state index contributed by atoms with van der Waals surface area (Å²) in [6.07, 6.45) is 11.4. The molecule has 1 saturated carbocycles. The number of ether oxygens (including phenoxy) is 2. The van der Waals surface area contributed by atoms with Crippen molar-refractivity contribution in [3.05, 3.63) is 36.3 Å². The number of hydrogen-bond donors (Lipinski definition) is 1. The number of fused-ring (bicyclic) bond motifs is 1. The van der Waals surface area contributed by atoms with Crippen molar-refractivity contribution in [1.29, 1.82) is 0 Å². The molecule has 2 aliphatic heterocycles. The van der Waals surface area contributed by atoms with Gasteiger partial charge in [-0.2, -0.15) is 0 Å². The lowest BCUT2D eigenvalue weighted by Gasteiger charge is -2.42. The number of benzene rings is 1. The van der Waals surface area contributed by atoms with Gasteiger partial charge in [-0.3, -0.25) is 0 Å². The van der Waals surface area contributed by atoms with E-state index in [4.69, 9.17) is 9.47 Å². The van der Waals surface area contributed by atoms with Crippen LogP contribution in [-0.2, 0) is 4.74 Å². The van der Waals surface area contributed by atoms with Gasteiger partial charge in [-0.1, -0.05) is 6.42 Å². The maximum absolute atomic E-state index is 6.91. The van der Waals surface area contributed by atoms with Crippen molar-refractivity contribution < 1.29 is 9.47 Å². The molecule has 2 aromatic rings. The summed E-state index contributed by atoms with van der Waals surface area (Å²) in [7, 11) is 0. The molecule has 1 N–H and O–H groups in total. The smallest absolute Gasteiger partial charge is 0.139 e. The molecule has 0 spiro atoms. The molecule has 1 saturated heterocycles. The molecule has 148 valence electrons. The number of nitrogens with zero attached hydrogens (tertiary/aromatic N) is 3. The number of rotatable bonds is 4. The van der Waals surface area contributed by atoms with Gasteiger partial charge in [0.15, 0.2) is 0 Å². The Morgan fingerprint density at radius 3 is 2.82 bits per heavy atom. The summed E-state index contributed by atoms with van der Waals surface area (Å²) in [6.45, 7) is 3.31. The fourth-order valence-electron chi connectivity index (χ4n) is 4.47. The number of hydrogen-bond acceptors (Lipinski definition) is 7. The van der Waals surface area contributed by atoms with E-state index >= 15 is 0 Å². The summed E-state index contributed by atoms with van der Waals surface area (Å²) in [5, 5.41) is 6.88. The molecule has 7 heteroatoms. The van der Waals surface area contributed by atoms with E-state index < -0.39 is 0 Å². The lowest BCUT2D eigenvalue weighted by molar-refractivity contribution is 0.0254. The van der Waals surface area contributed by atoms with E-state index in [9.17, 15) is 0 Å². The predicted octanol–water partition coefficient (Wildman–Crippen LogP) is 3.68. The second kappa shape index (κ2) is 7.79. The molecule has 3 aliphatic rings. The van der Waals surface area contributed by atoms with Crippen molar-refractivity contribution in [2.45, 2.75) is 43.1 Å². The Bertz CT molecular complexity index is 855. The lowest BCUT2D eigenvalue weighted by Crippen LogP contribution is -2.51. The van der Waals surface area contributed by atoms with Crippen molar-refractivity contribution in [1.82, 2.24) is 15.3 Å². The van der Waals surface area contributed by atoms with Crippen LogP contribution in [0.25, 0.3) is 10.9 Å². The zero-order chi connectivity index (χ0) is 18.8. The highest BCUT2D eigenvalue weighted by Crippen LogP contribution is 2.43. The Hall–Kier alpha value is -1.99. The molecule has 28 heavy (non-hydrogen) atoms. The van der Waals surface area contributed by atoms with Gasteiger partial charge in [0.1, 0.15) is 23.1 Å². The molecule has 0 amide bonds. The molecular formula is C21H26N4O2S. The lowest BCUT2D eigenvalue weighted by atomic mass is 9.84. The minimum atomic E-state index is -0.210. The monoisotopic (exact) mass is 398 g/mol. The minimum Gasteiger partial charge on any atom is -0.483 e. The summed E-state index contributed by atoms with van der Waals surface area (Å²) >= 11 is 1.83. The molecule has 1 aromatic carbocycles. The van der Waals surface area contributed by atoms with Gasteiger partial charge in [0, 0.05) is 37.2 Å². The normalized spacial score (nSPS) is 24.3. The molecule has 1 aliphatic carbocycles. The minimum absolute atomic E-state index is 0.210. The van der Waals surface area contributed by atoms with E-state index in [0.29, 0.717) is 0 Å². The van der Waals surface area contributed by atoms with Gasteiger partial charge >= 0.3 is 0 Å². The maximum atomic E-state index is 6.91. The molecule has 2 fully saturated rings. The van der Waals surface area contributed by atoms with Gasteiger partial charge in [0.2, 0.25) is 0 Å². The van der Waals surface area contributed by atoms with Crippen molar-refractivity contribution >= 4 is 28.4 Å². The summed E-state index contributed by atoms with van der Waals surface area (Å²) in [6, 6.07) is 4.33. The number of anilines is 1. The first-order valence-corrected chi connectivity index (χ1v) is 11.1. The van der Waals surface area contributed by atoms with Crippen LogP contribution in [0.5, 0.6) is 5.75 Å². The third kappa shape index (κ3) is 3.42. The third-order valence-corrected chi connectivity index (χ3v) is 7.10. The summed E-state index contributed by atoms with van der Waals surface area (Å²) in [4.78, 5) is 11.2. The summed E-state index contributed by atoms with van der Waals surface area (Å²) in [5.41, 5.74) is 1.88. The molecule has 1 aromatic heterocycles. The molecule has 3 heterocycles. The number of aromatic nitrogens is 2. The second-order valence-electron chi connectivity index (χ2n) is 7.71. The van der Waals surface area contributed by atoms with Gasteiger partial charge < -0.3 is 19.7 Å². The highest BCUT2D eigenvalue weighted by Gasteiger charge is 2.43. The van der Waals surface area contributed by atoms with Crippen molar-refractivity contribution in [2.24, 2.45) is 0 Å². The largest absolute Gasteiger partial charge is 0.483 e. The third-order valence-electron chi connectivity index (χ3n) is 5.97. The molecule has 5 rings (SSSR count). The van der Waals surface area contributed by atoms with Crippen LogP contribution in [0.2, 0.25) is 0 Å². The molecule has 1 unspecified atom stereocenters. The van der Waals surface area contributed by atoms with E-state index in [1.165, 1.54) is 19.3 Å². The Kier molecular flexibility index (Phi) is 5.03. The van der Waals surface area contributed by atoms with Gasteiger partial charge in [-0.15, -0.1) is 11.8 Å². The van der Waals surface area contributed by atoms with Crippen LogP contribution in [0.4, 0.5) is 5.69 Å². The number of thioether (sulfide) groups is 1. The van der Waals surface area contributed by atoms with E-state index in [1.807, 2.05) is 24.2 Å². The number of nitrogens with one attached hydrogen (secondary N) is 1. The SMILES string of the molecule is C1=CSC(C2(Oc3cc(N4CCOCC4)cc4ncncc34)CCCCC2)N1. The zero-order valence-corrected chi connectivity index (χ0v) is 16.8. The topological polar surface area (TPSA) is 59.5 Å². The average Bonchev–Trinajstić information content (AvgIpc) is 3.31. The summed E-state index contributed by atoms with van der Waals surface area (Å²) < 4.78 is 12.4. The summed E-state index contributed by atoms with van der Waals surface area (Å²) in [5.74, 6) is 0.899. The molecule has 1 atom stereocenters. The van der Waals surface area contributed by atoms with Gasteiger partial charge in [-0.05, 0) is 37.2 Å². The Balaban J connectivity index is 1.54. The van der Waals surface area contributed by atoms with Crippen LogP contribution < -0.4 is 15.0 Å². The first-order valence-electron chi connectivity index (χ1n) is 10.2. The van der Waals surface area contributed by atoms with E-state index in [1.54, 1.807) is 6.33 Å². The number of morpholine rings is 1. The predicted molar refractivity (Wildman–Crippen MR) is 113 cm³/mol. The van der Waals surface area contributed by atoms with E-state index in [0.717, 1.165) is 61.5 Å². The first kappa shape index (κ1) is 18.1. The molecular weight excluding hydrogens is 372 g/mol. The fraction of sp³-hybridized carbons (Fsp3) is 0.524. The fourth-order valence-corrected chi connectivity index (χ4v) is 5.48. The van der Waals surface area contributed by atoms with E-state index in [-0.39, 0.29) is 11.0 Å². The van der Waals surface area contributed by atoms with E-state index in [2.05, 4.69) is 37.7 Å².